The van der Waals surface area contributed by atoms with E-state index in [0.717, 1.165) is 9.77 Å². The van der Waals surface area contributed by atoms with E-state index in [4.69, 9.17) is 0 Å². The number of benzene rings is 1. The standard InChI is InChI=1S/C16H19N3O2S2/c1-10(2)18-14(20)9-22-13-7-5-4-6-12(13)15(21)19-16-17-8-11(3)23-16/h4-8,10H,9H2,1-3H3,(H,18,20)(H,17,19,21). The van der Waals surface area contributed by atoms with Crippen molar-refractivity contribution in [3.63, 3.8) is 0 Å². The summed E-state index contributed by atoms with van der Waals surface area (Å²) >= 11 is 2.78. The van der Waals surface area contributed by atoms with Crippen molar-refractivity contribution in [2.24, 2.45) is 0 Å². The highest BCUT2D eigenvalue weighted by atomic mass is 32.2. The lowest BCUT2D eigenvalue weighted by Gasteiger charge is -2.10. The second kappa shape index (κ2) is 8.12. The van der Waals surface area contributed by atoms with Crippen LogP contribution in [0.15, 0.2) is 35.4 Å². The number of hydrogen-bond acceptors (Lipinski definition) is 5. The van der Waals surface area contributed by atoms with Gasteiger partial charge in [0.15, 0.2) is 5.13 Å². The molecule has 1 heterocycles. The molecule has 0 aliphatic carbocycles. The average Bonchev–Trinajstić information content (AvgIpc) is 2.90. The lowest BCUT2D eigenvalue weighted by Crippen LogP contribution is -2.31. The number of rotatable bonds is 6. The molecule has 0 saturated heterocycles. The van der Waals surface area contributed by atoms with Gasteiger partial charge >= 0.3 is 0 Å². The van der Waals surface area contributed by atoms with E-state index in [1.54, 1.807) is 18.3 Å². The molecule has 0 radical (unpaired) electrons. The Balaban J connectivity index is 2.04. The van der Waals surface area contributed by atoms with E-state index in [9.17, 15) is 9.59 Å². The fourth-order valence-electron chi connectivity index (χ4n) is 1.86. The monoisotopic (exact) mass is 349 g/mol. The Morgan fingerprint density at radius 3 is 2.70 bits per heavy atom. The van der Waals surface area contributed by atoms with Gasteiger partial charge in [-0.15, -0.1) is 23.1 Å². The number of amides is 2. The van der Waals surface area contributed by atoms with Gasteiger partial charge in [-0.1, -0.05) is 12.1 Å². The highest BCUT2D eigenvalue weighted by molar-refractivity contribution is 8.00. The third-order valence-electron chi connectivity index (χ3n) is 2.78. The second-order valence-corrected chi connectivity index (χ2v) is 7.49. The first kappa shape index (κ1) is 17.5. The molecule has 5 nitrogen and oxygen atoms in total. The number of nitrogens with one attached hydrogen (secondary N) is 2. The second-order valence-electron chi connectivity index (χ2n) is 5.24. The van der Waals surface area contributed by atoms with Crippen molar-refractivity contribution in [2.75, 3.05) is 11.1 Å². The van der Waals surface area contributed by atoms with Gasteiger partial charge in [0.2, 0.25) is 5.91 Å². The predicted molar refractivity (Wildman–Crippen MR) is 95.2 cm³/mol. The summed E-state index contributed by atoms with van der Waals surface area (Å²) in [7, 11) is 0. The van der Waals surface area contributed by atoms with Crippen molar-refractivity contribution in [1.82, 2.24) is 10.3 Å². The Hall–Kier alpha value is -1.86. The number of thioether (sulfide) groups is 1. The maximum absolute atomic E-state index is 12.4. The number of carbonyl (C=O) groups is 2. The first-order chi connectivity index (χ1) is 11.0. The summed E-state index contributed by atoms with van der Waals surface area (Å²) in [6.45, 7) is 5.77. The molecule has 0 atom stereocenters. The van der Waals surface area contributed by atoms with Crippen molar-refractivity contribution in [3.05, 3.63) is 40.9 Å². The Bertz CT molecular complexity index is 698. The molecule has 2 aromatic rings. The Kier molecular flexibility index (Phi) is 6.18. The summed E-state index contributed by atoms with van der Waals surface area (Å²) in [5, 5.41) is 6.20. The summed E-state index contributed by atoms with van der Waals surface area (Å²) < 4.78 is 0. The van der Waals surface area contributed by atoms with Crippen LogP contribution in [0, 0.1) is 6.92 Å². The van der Waals surface area contributed by atoms with Crippen molar-refractivity contribution >= 4 is 40.0 Å². The normalized spacial score (nSPS) is 10.6. The minimum atomic E-state index is -0.216. The molecule has 0 aliphatic rings. The molecule has 1 aromatic carbocycles. The summed E-state index contributed by atoms with van der Waals surface area (Å²) in [5.74, 6) is 0.0150. The fourth-order valence-corrected chi connectivity index (χ4v) is 3.38. The number of thiazole rings is 1. The van der Waals surface area contributed by atoms with Crippen molar-refractivity contribution < 1.29 is 9.59 Å². The molecule has 7 heteroatoms. The Labute approximate surface area is 143 Å². The molecule has 0 bridgehead atoms. The molecule has 122 valence electrons. The SMILES string of the molecule is Cc1cnc(NC(=O)c2ccccc2SCC(=O)NC(C)C)s1. The highest BCUT2D eigenvalue weighted by Crippen LogP contribution is 2.24. The molecular weight excluding hydrogens is 330 g/mol. The van der Waals surface area contributed by atoms with E-state index in [-0.39, 0.29) is 23.6 Å². The van der Waals surface area contributed by atoms with Crippen LogP contribution in [0.2, 0.25) is 0 Å². The van der Waals surface area contributed by atoms with Gasteiger partial charge in [0.1, 0.15) is 0 Å². The zero-order valence-electron chi connectivity index (χ0n) is 13.3. The van der Waals surface area contributed by atoms with Crippen LogP contribution >= 0.6 is 23.1 Å². The topological polar surface area (TPSA) is 71.1 Å². The summed E-state index contributed by atoms with van der Waals surface area (Å²) in [5.41, 5.74) is 0.544. The first-order valence-corrected chi connectivity index (χ1v) is 9.01. The largest absolute Gasteiger partial charge is 0.353 e. The molecule has 2 amide bonds. The molecule has 0 fully saturated rings. The lowest BCUT2D eigenvalue weighted by molar-refractivity contribution is -0.119. The van der Waals surface area contributed by atoms with Crippen LogP contribution < -0.4 is 10.6 Å². The van der Waals surface area contributed by atoms with E-state index >= 15 is 0 Å². The fraction of sp³-hybridized carbons (Fsp3) is 0.312. The number of anilines is 1. The number of aryl methyl sites for hydroxylation is 1. The number of aromatic nitrogens is 1. The third-order valence-corrected chi connectivity index (χ3v) is 4.68. The van der Waals surface area contributed by atoms with Gasteiger partial charge < -0.3 is 5.32 Å². The molecule has 0 aliphatic heterocycles. The Morgan fingerprint density at radius 1 is 1.30 bits per heavy atom. The number of carbonyl (C=O) groups excluding carboxylic acids is 2. The highest BCUT2D eigenvalue weighted by Gasteiger charge is 2.14. The van der Waals surface area contributed by atoms with Crippen LogP contribution in [0.1, 0.15) is 29.1 Å². The average molecular weight is 349 g/mol. The molecule has 0 saturated carbocycles. The molecule has 0 unspecified atom stereocenters. The smallest absolute Gasteiger partial charge is 0.258 e. The van der Waals surface area contributed by atoms with Crippen LogP contribution in [-0.4, -0.2) is 28.6 Å². The molecule has 2 N–H and O–H groups in total. The maximum atomic E-state index is 12.4. The van der Waals surface area contributed by atoms with Crippen LogP contribution in [0.4, 0.5) is 5.13 Å². The van der Waals surface area contributed by atoms with E-state index in [0.29, 0.717) is 10.7 Å². The van der Waals surface area contributed by atoms with Crippen LogP contribution in [-0.2, 0) is 4.79 Å². The number of hydrogen-bond donors (Lipinski definition) is 2. The van der Waals surface area contributed by atoms with Gasteiger partial charge in [-0.25, -0.2) is 4.98 Å². The summed E-state index contributed by atoms with van der Waals surface area (Å²) in [6, 6.07) is 7.36. The predicted octanol–water partition coefficient (Wildman–Crippen LogP) is 3.32. The molecule has 23 heavy (non-hydrogen) atoms. The molecule has 2 rings (SSSR count). The van der Waals surface area contributed by atoms with Gasteiger partial charge in [-0.3, -0.25) is 14.9 Å². The van der Waals surface area contributed by atoms with Crippen molar-refractivity contribution in [3.8, 4) is 0 Å². The molecule has 0 spiro atoms. The minimum Gasteiger partial charge on any atom is -0.353 e. The summed E-state index contributed by atoms with van der Waals surface area (Å²) in [4.78, 5) is 30.1. The van der Waals surface area contributed by atoms with Gasteiger partial charge in [0.05, 0.1) is 11.3 Å². The maximum Gasteiger partial charge on any atom is 0.258 e. The van der Waals surface area contributed by atoms with Crippen LogP contribution in [0.25, 0.3) is 0 Å². The van der Waals surface area contributed by atoms with E-state index in [2.05, 4.69) is 15.6 Å². The third kappa shape index (κ3) is 5.37. The molecular formula is C16H19N3O2S2. The lowest BCUT2D eigenvalue weighted by atomic mass is 10.2. The van der Waals surface area contributed by atoms with Crippen molar-refractivity contribution in [2.45, 2.75) is 31.7 Å². The van der Waals surface area contributed by atoms with Gasteiger partial charge in [0.25, 0.3) is 5.91 Å². The molecule has 1 aromatic heterocycles. The first-order valence-electron chi connectivity index (χ1n) is 7.20. The van der Waals surface area contributed by atoms with Crippen LogP contribution in [0.3, 0.4) is 0 Å². The van der Waals surface area contributed by atoms with Gasteiger partial charge in [0, 0.05) is 22.0 Å². The zero-order valence-corrected chi connectivity index (χ0v) is 14.9. The van der Waals surface area contributed by atoms with Gasteiger partial charge in [-0.2, -0.15) is 0 Å². The van der Waals surface area contributed by atoms with Crippen LogP contribution in [0.5, 0.6) is 0 Å². The Morgan fingerprint density at radius 2 is 2.04 bits per heavy atom. The minimum absolute atomic E-state index is 0.0456. The number of nitrogens with zero attached hydrogens (tertiary/aromatic N) is 1. The summed E-state index contributed by atoms with van der Waals surface area (Å²) in [6.07, 6.45) is 1.72. The quantitative estimate of drug-likeness (QED) is 0.785. The van der Waals surface area contributed by atoms with Crippen molar-refractivity contribution in [1.29, 1.82) is 0 Å². The van der Waals surface area contributed by atoms with E-state index in [1.165, 1.54) is 23.1 Å². The van der Waals surface area contributed by atoms with Gasteiger partial charge in [-0.05, 0) is 32.9 Å². The van der Waals surface area contributed by atoms with E-state index < -0.39 is 0 Å². The zero-order chi connectivity index (χ0) is 16.8. The van der Waals surface area contributed by atoms with E-state index in [1.807, 2.05) is 32.9 Å².